The number of amides is 18. The summed E-state index contributed by atoms with van der Waals surface area (Å²) in [6.07, 6.45) is 22.2. The molecule has 4 rings (SSSR count). The minimum absolute atomic E-state index is 0.0000807. The molecule has 0 unspecified atom stereocenters. The number of likely N-dealkylation sites (tertiary alicyclic amines) is 2. The summed E-state index contributed by atoms with van der Waals surface area (Å²) in [7, 11) is 0. The van der Waals surface area contributed by atoms with Crippen LogP contribution < -0.4 is 114 Å². The molecule has 0 radical (unpaired) electrons. The Hall–Kier alpha value is -12.3. The quantitative estimate of drug-likeness (QED) is 0.0187. The second kappa shape index (κ2) is 66.5. The molecule has 4 heterocycles. The number of aromatic amines is 2. The highest BCUT2D eigenvalue weighted by molar-refractivity contribution is 7.98. The summed E-state index contributed by atoms with van der Waals surface area (Å²) in [6, 6.07) is -21.7. The maximum Gasteiger partial charge on any atom is 0.245 e. The third kappa shape index (κ3) is 46.2. The molecule has 0 spiro atoms. The summed E-state index contributed by atoms with van der Waals surface area (Å²) in [5.41, 5.74) is 34.2. The van der Waals surface area contributed by atoms with Gasteiger partial charge in [0.05, 0.1) is 25.2 Å². The second-order valence-corrected chi connectivity index (χ2v) is 38.4. The van der Waals surface area contributed by atoms with Gasteiger partial charge in [0.2, 0.25) is 106 Å². The number of rotatable bonds is 72. The number of aromatic nitrogens is 4. The zero-order valence-corrected chi connectivity index (χ0v) is 84.8. The fourth-order valence-corrected chi connectivity index (χ4v) is 17.0. The van der Waals surface area contributed by atoms with E-state index < -0.39 is 215 Å². The fraction of sp³-hybridized carbons (Fsp3) is 0.720. The molecule has 2 fully saturated rings. The lowest BCUT2D eigenvalue weighted by molar-refractivity contribution is -0.143. The molecule has 18 amide bonds. The van der Waals surface area contributed by atoms with Gasteiger partial charge in [0.1, 0.15) is 90.6 Å². The molecule has 49 heteroatoms. The van der Waals surface area contributed by atoms with Crippen molar-refractivity contribution >= 4 is 130 Å². The molecule has 2 aliphatic heterocycles. The first-order valence-electron chi connectivity index (χ1n) is 49.9. The minimum atomic E-state index is -1.85. The Bertz CT molecular complexity index is 4380. The molecule has 0 aliphatic carbocycles. The lowest BCUT2D eigenvalue weighted by Crippen LogP contribution is -2.62. The van der Waals surface area contributed by atoms with Gasteiger partial charge in [-0.05, 0) is 147 Å². The van der Waals surface area contributed by atoms with E-state index in [-0.39, 0.29) is 170 Å². The molecule has 2 aromatic heterocycles. The fourth-order valence-electron chi connectivity index (χ4n) is 16.5. The second-order valence-electron chi connectivity index (χ2n) is 37.4. The average Bonchev–Trinajstić information content (AvgIpc) is 1.77. The van der Waals surface area contributed by atoms with Gasteiger partial charge in [-0.15, -0.1) is 0 Å². The highest BCUT2D eigenvalue weighted by Gasteiger charge is 2.44. The lowest BCUT2D eigenvalue weighted by Gasteiger charge is -2.31. The molecule has 798 valence electrons. The van der Waals surface area contributed by atoms with Crippen LogP contribution in [0.3, 0.4) is 0 Å². The number of nitrogens with two attached hydrogens (primary N) is 6. The van der Waals surface area contributed by atoms with Gasteiger partial charge in [-0.1, -0.05) is 125 Å². The average molecular weight is 2020 g/mol. The first-order chi connectivity index (χ1) is 67.5. The molecule has 0 aromatic carbocycles. The smallest absolute Gasteiger partial charge is 0.245 e. The number of H-pyrrole nitrogens is 2. The van der Waals surface area contributed by atoms with E-state index in [1.807, 2.05) is 13.8 Å². The molecule has 0 saturated carbocycles. The zero-order valence-electron chi connectivity index (χ0n) is 83.9. The van der Waals surface area contributed by atoms with Crippen LogP contribution >= 0.6 is 11.8 Å². The first-order valence-corrected chi connectivity index (χ1v) is 51.3. The van der Waals surface area contributed by atoms with Gasteiger partial charge in [0.25, 0.3) is 0 Å². The van der Waals surface area contributed by atoms with Crippen molar-refractivity contribution in [2.45, 2.75) is 370 Å². The van der Waals surface area contributed by atoms with Crippen LogP contribution in [0.2, 0.25) is 0 Å². The van der Waals surface area contributed by atoms with Crippen molar-refractivity contribution in [1.82, 2.24) is 109 Å². The summed E-state index contributed by atoms with van der Waals surface area (Å²) in [5, 5.41) is 65.7. The van der Waals surface area contributed by atoms with Crippen LogP contribution in [0.4, 0.5) is 0 Å². The number of imidazole rings is 2. The first kappa shape index (κ1) is 122. The van der Waals surface area contributed by atoms with E-state index in [1.54, 1.807) is 20.1 Å². The number of nitrogens with zero attached hydrogens (tertiary/aromatic N) is 4. The Morgan fingerprint density at radius 3 is 1.29 bits per heavy atom. The molecule has 2 saturated heterocycles. The molecule has 2 aromatic rings. The van der Waals surface area contributed by atoms with Crippen LogP contribution in [0.1, 0.15) is 272 Å². The van der Waals surface area contributed by atoms with Crippen LogP contribution in [0.5, 0.6) is 0 Å². The molecule has 32 N–H and O–H groups in total. The SMILES string of the molecule is CCCCCCCCCCCCCCCCCC(=O)N[C@@H](C)C(=O)N[C@@H](CCCNC(=N)N)C(=O)N[C@@H](CC(C)C)C(=O)N1CCC[C@H]1C(=O)N[C@@H](CCCNC(=N)N)C(=O)N[C@@H](CC(N)=O)C(=O)N[C@@H](CCSC)C(=O)N[C@H](C(=O)N[C@@H](Cc1cnc[nH]1)C(=O)N[C@@H](Cc1cnc[nH]1)C(=O)N[C@@H](CCCCN)C(=O)N[C@H](C(=O)N[C@@H](C)C(=O)N[C@@H](CCC(N)=O)C(=O)N1CCC[C@H]1C(N)=O)[C@@H](C)O)C(C)C. The predicted octanol–water partition coefficient (Wildman–Crippen LogP) is -2.38. The van der Waals surface area contributed by atoms with Crippen LogP contribution in [-0.2, 0) is 99.1 Å². The number of aliphatic hydroxyl groups is 1. The monoisotopic (exact) mass is 2020 g/mol. The highest BCUT2D eigenvalue weighted by atomic mass is 32.2. The van der Waals surface area contributed by atoms with Gasteiger partial charge in [-0.3, -0.25) is 97.1 Å². The molecule has 48 nitrogen and oxygen atoms in total. The van der Waals surface area contributed by atoms with Crippen LogP contribution in [0, 0.1) is 22.7 Å². The number of unbranched alkanes of at least 4 members (excludes halogenated alkanes) is 15. The summed E-state index contributed by atoms with van der Waals surface area (Å²) < 4.78 is 0. The van der Waals surface area contributed by atoms with Crippen molar-refractivity contribution in [2.75, 3.05) is 44.7 Å². The summed E-state index contributed by atoms with van der Waals surface area (Å²) in [4.78, 5) is 269. The van der Waals surface area contributed by atoms with E-state index in [0.717, 1.165) is 32.6 Å². The van der Waals surface area contributed by atoms with Crippen molar-refractivity contribution in [3.8, 4) is 0 Å². The topological polar surface area (TPSA) is 776 Å². The largest absolute Gasteiger partial charge is 0.391 e. The van der Waals surface area contributed by atoms with Crippen molar-refractivity contribution in [3.63, 3.8) is 0 Å². The number of guanidine groups is 2. The number of nitrogens with one attached hydrogen (secondary N) is 19. The van der Waals surface area contributed by atoms with E-state index in [9.17, 15) is 91.4 Å². The van der Waals surface area contributed by atoms with Crippen molar-refractivity contribution in [2.24, 2.45) is 46.2 Å². The van der Waals surface area contributed by atoms with E-state index in [4.69, 9.17) is 45.2 Å². The van der Waals surface area contributed by atoms with Crippen molar-refractivity contribution in [3.05, 3.63) is 36.4 Å². The van der Waals surface area contributed by atoms with E-state index in [1.165, 1.54) is 125 Å². The van der Waals surface area contributed by atoms with Gasteiger partial charge in [-0.2, -0.15) is 11.8 Å². The van der Waals surface area contributed by atoms with E-state index >= 15 is 0 Å². The Morgan fingerprint density at radius 1 is 0.430 bits per heavy atom. The van der Waals surface area contributed by atoms with Crippen LogP contribution in [-0.4, -0.2) is 295 Å². The summed E-state index contributed by atoms with van der Waals surface area (Å²) in [5.74, 6) is -17.4. The molecule has 142 heavy (non-hydrogen) atoms. The Labute approximate surface area is 835 Å². The number of primary amides is 3. The molecule has 2 aliphatic rings. The van der Waals surface area contributed by atoms with E-state index in [2.05, 4.69) is 107 Å². The lowest BCUT2D eigenvalue weighted by atomic mass is 10.0. The maximum absolute atomic E-state index is 15.0. The number of aliphatic hydroxyl groups excluding tert-OH is 1. The molecule has 16 atom stereocenters. The molecule has 0 bridgehead atoms. The summed E-state index contributed by atoms with van der Waals surface area (Å²) in [6.45, 7) is 13.3. The normalized spacial score (nSPS) is 16.4. The van der Waals surface area contributed by atoms with Gasteiger partial charge in [0, 0.05) is 75.6 Å². The van der Waals surface area contributed by atoms with Crippen LogP contribution in [0.25, 0.3) is 0 Å². The Balaban J connectivity index is 1.54. The minimum Gasteiger partial charge on any atom is -0.391 e. The Kier molecular flexibility index (Phi) is 57.1. The maximum atomic E-state index is 15.0. The highest BCUT2D eigenvalue weighted by Crippen LogP contribution is 2.24. The molecular weight excluding hydrogens is 1860 g/mol. The number of carbonyl (C=O) groups is 18. The number of thioether (sulfide) groups is 1. The van der Waals surface area contributed by atoms with Gasteiger partial charge in [0.15, 0.2) is 11.9 Å². The Morgan fingerprint density at radius 2 is 0.831 bits per heavy atom. The standard InChI is InChI=1S/C93H161N29O19S/c1-10-11-12-13-14-15-16-17-18-19-20-21-22-23-24-36-74(126)108-56(6)78(128)110-62(32-27-41-104-92(98)99)81(131)118-69(46-54(2)3)91(141)122-44-30-35-71(122)87(137)113-63(33-28-42-105-93(100)101)80(130)116-68(49-73(96)125)86(136)112-64(39-45-142-9)83(133)119-75(55(4)5)88(138)117-67(48-60-51-103-53-107-60)85(135)115-66(47-59-50-102-52-106-59)84(134)111-61(31-25-26-40-94)82(132)120-76(58(8)123)89(139)109-57(7)79(129)114-65(37-38-72(95)124)90(140)121-43-29-34-70(121)77(97)127/h50-58,61-71,75-76,123H,10-49,94H2,1-9H3,(H2,95,124)(H2,96,125)(H2,97,127)(H,102,106)(H,103,107)(H,108,126)(H,109,139)(H,110,128)(H,111,134)(H,112,136)(H,113,137)(H,114,129)(H,115,135)(H,116,130)(H,117,138)(H,118,131)(H,119,133)(H,120,132)(H4,98,99,104)(H4,100,101,105)/t56-,57-,58+,61-,62-,63-,64-,65-,66-,67-,68-,69-,70-,71-,75-,76-/m0/s1. The van der Waals surface area contributed by atoms with Crippen LogP contribution in [0.15, 0.2) is 25.0 Å². The molecular formula is C93H161N29O19S. The number of carbonyl (C=O) groups excluding carboxylic acids is 18. The van der Waals surface area contributed by atoms with Gasteiger partial charge in [-0.25, -0.2) is 9.97 Å². The number of hydrogen-bond acceptors (Lipinski definition) is 25. The number of hydrogen-bond donors (Lipinski definition) is 26. The predicted molar refractivity (Wildman–Crippen MR) is 532 cm³/mol. The summed E-state index contributed by atoms with van der Waals surface area (Å²) >= 11 is 1.26. The van der Waals surface area contributed by atoms with Gasteiger partial charge >= 0.3 is 0 Å². The van der Waals surface area contributed by atoms with Crippen molar-refractivity contribution < 1.29 is 91.4 Å². The third-order valence-electron chi connectivity index (χ3n) is 24.5. The van der Waals surface area contributed by atoms with Gasteiger partial charge < -0.3 is 139 Å². The van der Waals surface area contributed by atoms with E-state index in [0.29, 0.717) is 19.3 Å². The zero-order chi connectivity index (χ0) is 106. The van der Waals surface area contributed by atoms with Crippen molar-refractivity contribution in [1.29, 1.82) is 10.8 Å². The third-order valence-corrected chi connectivity index (χ3v) is 25.1.